The first-order valence-corrected chi connectivity index (χ1v) is 5.48. The van der Waals surface area contributed by atoms with E-state index in [1.54, 1.807) is 18.0 Å². The number of hydrogen-bond donors (Lipinski definition) is 1. The van der Waals surface area contributed by atoms with E-state index in [1.165, 1.54) is 0 Å². The number of nitrogens with two attached hydrogens (primary N) is 1. The summed E-state index contributed by atoms with van der Waals surface area (Å²) in [6.07, 6.45) is 2.37. The van der Waals surface area contributed by atoms with Crippen LogP contribution in [0.1, 0.15) is 23.1 Å². The van der Waals surface area contributed by atoms with Crippen molar-refractivity contribution < 1.29 is 9.15 Å². The van der Waals surface area contributed by atoms with Crippen LogP contribution >= 0.6 is 0 Å². The summed E-state index contributed by atoms with van der Waals surface area (Å²) < 4.78 is 12.4. The Morgan fingerprint density at radius 1 is 1.53 bits per heavy atom. The third-order valence-corrected chi connectivity index (χ3v) is 2.72. The van der Waals surface area contributed by atoms with Gasteiger partial charge in [0.25, 0.3) is 0 Å². The van der Waals surface area contributed by atoms with Crippen LogP contribution in [0.25, 0.3) is 0 Å². The van der Waals surface area contributed by atoms with Gasteiger partial charge in [-0.05, 0) is 19.1 Å². The Labute approximate surface area is 100 Å². The van der Waals surface area contributed by atoms with Crippen molar-refractivity contribution in [3.05, 3.63) is 35.4 Å². The van der Waals surface area contributed by atoms with E-state index in [-0.39, 0.29) is 6.04 Å². The van der Waals surface area contributed by atoms with E-state index in [2.05, 4.69) is 5.10 Å². The summed E-state index contributed by atoms with van der Waals surface area (Å²) in [4.78, 5) is 0. The third kappa shape index (κ3) is 2.34. The second kappa shape index (κ2) is 4.63. The lowest BCUT2D eigenvalue weighted by Crippen LogP contribution is -2.13. The van der Waals surface area contributed by atoms with E-state index in [0.29, 0.717) is 12.3 Å². The molecule has 0 aliphatic heterocycles. The summed E-state index contributed by atoms with van der Waals surface area (Å²) in [6.45, 7) is 1.92. The number of rotatable bonds is 4. The number of furan rings is 1. The van der Waals surface area contributed by atoms with Crippen LogP contribution in [0.15, 0.2) is 22.7 Å². The Bertz CT molecular complexity index is 502. The van der Waals surface area contributed by atoms with Crippen LogP contribution in [0.2, 0.25) is 0 Å². The molecular formula is C12H17N3O2. The lowest BCUT2D eigenvalue weighted by atomic mass is 10.1. The second-order valence-corrected chi connectivity index (χ2v) is 4.06. The maximum absolute atomic E-state index is 6.13. The maximum atomic E-state index is 6.13. The fourth-order valence-electron chi connectivity index (χ4n) is 1.87. The van der Waals surface area contributed by atoms with Crippen LogP contribution in [0, 0.1) is 6.92 Å². The van der Waals surface area contributed by atoms with Crippen molar-refractivity contribution in [2.24, 2.45) is 12.8 Å². The highest BCUT2D eigenvalue weighted by atomic mass is 16.5. The predicted octanol–water partition coefficient (Wildman–Crippen LogP) is 1.57. The molecule has 1 atom stereocenters. The van der Waals surface area contributed by atoms with Gasteiger partial charge in [0, 0.05) is 19.5 Å². The zero-order chi connectivity index (χ0) is 12.4. The normalized spacial score (nSPS) is 12.7. The first kappa shape index (κ1) is 11.7. The van der Waals surface area contributed by atoms with Crippen molar-refractivity contribution in [2.75, 3.05) is 7.11 Å². The molecule has 0 fully saturated rings. The smallest absolute Gasteiger partial charge is 0.216 e. The molecule has 0 aliphatic rings. The number of aryl methyl sites for hydroxylation is 2. The Balaban J connectivity index is 2.16. The van der Waals surface area contributed by atoms with Gasteiger partial charge in [0.1, 0.15) is 11.5 Å². The van der Waals surface area contributed by atoms with E-state index in [0.717, 1.165) is 17.1 Å². The van der Waals surface area contributed by atoms with Crippen molar-refractivity contribution in [3.8, 4) is 5.88 Å². The molecule has 0 spiro atoms. The predicted molar refractivity (Wildman–Crippen MR) is 63.8 cm³/mol. The Hall–Kier alpha value is -1.75. The topological polar surface area (TPSA) is 66.2 Å². The van der Waals surface area contributed by atoms with E-state index >= 15 is 0 Å². The summed E-state index contributed by atoms with van der Waals surface area (Å²) in [6, 6.07) is 3.70. The molecule has 0 aliphatic carbocycles. The quantitative estimate of drug-likeness (QED) is 0.873. The SMILES string of the molecule is COc1c(C(N)Cc2ccc(C)o2)cnn1C. The van der Waals surface area contributed by atoms with Crippen molar-refractivity contribution in [1.29, 1.82) is 0 Å². The van der Waals surface area contributed by atoms with Gasteiger partial charge in [-0.15, -0.1) is 0 Å². The second-order valence-electron chi connectivity index (χ2n) is 4.06. The number of methoxy groups -OCH3 is 1. The molecule has 5 nitrogen and oxygen atoms in total. The Morgan fingerprint density at radius 3 is 2.88 bits per heavy atom. The van der Waals surface area contributed by atoms with Crippen LogP contribution in [-0.2, 0) is 13.5 Å². The molecule has 2 heterocycles. The fourth-order valence-corrected chi connectivity index (χ4v) is 1.87. The minimum Gasteiger partial charge on any atom is -0.481 e. The van der Waals surface area contributed by atoms with Gasteiger partial charge in [0.2, 0.25) is 5.88 Å². The van der Waals surface area contributed by atoms with E-state index < -0.39 is 0 Å². The molecule has 0 aromatic carbocycles. The minimum atomic E-state index is -0.177. The van der Waals surface area contributed by atoms with Gasteiger partial charge in [0.15, 0.2) is 0 Å². The Morgan fingerprint density at radius 2 is 2.29 bits per heavy atom. The zero-order valence-electron chi connectivity index (χ0n) is 10.3. The molecule has 5 heteroatoms. The highest BCUT2D eigenvalue weighted by molar-refractivity contribution is 5.28. The first-order chi connectivity index (χ1) is 8.11. The minimum absolute atomic E-state index is 0.177. The summed E-state index contributed by atoms with van der Waals surface area (Å²) in [5, 5.41) is 4.14. The summed E-state index contributed by atoms with van der Waals surface area (Å²) in [5.74, 6) is 2.46. The molecule has 0 saturated heterocycles. The molecule has 2 aromatic rings. The number of nitrogens with zero attached hydrogens (tertiary/aromatic N) is 2. The van der Waals surface area contributed by atoms with E-state index in [9.17, 15) is 0 Å². The van der Waals surface area contributed by atoms with Gasteiger partial charge in [-0.2, -0.15) is 5.10 Å². The molecule has 2 aromatic heterocycles. The molecule has 92 valence electrons. The molecule has 2 N–H and O–H groups in total. The molecule has 17 heavy (non-hydrogen) atoms. The lowest BCUT2D eigenvalue weighted by Gasteiger charge is -2.10. The third-order valence-electron chi connectivity index (χ3n) is 2.72. The van der Waals surface area contributed by atoms with Crippen molar-refractivity contribution >= 4 is 0 Å². The van der Waals surface area contributed by atoms with Gasteiger partial charge in [-0.25, -0.2) is 4.68 Å². The first-order valence-electron chi connectivity index (χ1n) is 5.48. The van der Waals surface area contributed by atoms with Crippen LogP contribution < -0.4 is 10.5 Å². The van der Waals surface area contributed by atoms with Crippen LogP contribution in [0.5, 0.6) is 5.88 Å². The van der Waals surface area contributed by atoms with Gasteiger partial charge in [0.05, 0.1) is 18.9 Å². The average molecular weight is 235 g/mol. The van der Waals surface area contributed by atoms with Gasteiger partial charge in [-0.3, -0.25) is 0 Å². The van der Waals surface area contributed by atoms with Crippen LogP contribution in [-0.4, -0.2) is 16.9 Å². The van der Waals surface area contributed by atoms with Crippen LogP contribution in [0.3, 0.4) is 0 Å². The average Bonchev–Trinajstić information content (AvgIpc) is 2.84. The largest absolute Gasteiger partial charge is 0.481 e. The highest BCUT2D eigenvalue weighted by Crippen LogP contribution is 2.25. The summed E-state index contributed by atoms with van der Waals surface area (Å²) in [5.41, 5.74) is 7.03. The van der Waals surface area contributed by atoms with Crippen molar-refractivity contribution in [3.63, 3.8) is 0 Å². The lowest BCUT2D eigenvalue weighted by molar-refractivity contribution is 0.365. The fraction of sp³-hybridized carbons (Fsp3) is 0.417. The van der Waals surface area contributed by atoms with Crippen LogP contribution in [0.4, 0.5) is 0 Å². The number of aromatic nitrogens is 2. The zero-order valence-corrected chi connectivity index (χ0v) is 10.3. The monoisotopic (exact) mass is 235 g/mol. The highest BCUT2D eigenvalue weighted by Gasteiger charge is 2.17. The van der Waals surface area contributed by atoms with Gasteiger partial charge >= 0.3 is 0 Å². The molecule has 0 radical (unpaired) electrons. The molecule has 0 saturated carbocycles. The van der Waals surface area contributed by atoms with Crippen molar-refractivity contribution in [2.45, 2.75) is 19.4 Å². The molecule has 0 amide bonds. The molecular weight excluding hydrogens is 218 g/mol. The van der Waals surface area contributed by atoms with Crippen molar-refractivity contribution in [1.82, 2.24) is 9.78 Å². The maximum Gasteiger partial charge on any atom is 0.216 e. The molecule has 2 rings (SSSR count). The standard InChI is InChI=1S/C12H17N3O2/c1-8-4-5-9(17-8)6-11(13)10-7-14-15(2)12(10)16-3/h4-5,7,11H,6,13H2,1-3H3. The number of ether oxygens (including phenoxy) is 1. The molecule has 1 unspecified atom stereocenters. The van der Waals surface area contributed by atoms with E-state index in [4.69, 9.17) is 14.9 Å². The number of hydrogen-bond acceptors (Lipinski definition) is 4. The van der Waals surface area contributed by atoms with Gasteiger partial charge in [-0.1, -0.05) is 0 Å². The van der Waals surface area contributed by atoms with E-state index in [1.807, 2.05) is 26.1 Å². The summed E-state index contributed by atoms with van der Waals surface area (Å²) >= 11 is 0. The Kier molecular flexibility index (Phi) is 3.19. The molecule has 0 bridgehead atoms. The summed E-state index contributed by atoms with van der Waals surface area (Å²) in [7, 11) is 3.44. The van der Waals surface area contributed by atoms with Gasteiger partial charge < -0.3 is 14.9 Å².